The van der Waals surface area contributed by atoms with Gasteiger partial charge in [-0.25, -0.2) is 0 Å². The molecule has 0 bridgehead atoms. The molecule has 0 aromatic rings. The summed E-state index contributed by atoms with van der Waals surface area (Å²) in [6.45, 7) is 5.15. The van der Waals surface area contributed by atoms with Crippen LogP contribution in [0.2, 0.25) is 0 Å². The molecule has 0 aromatic carbocycles. The minimum absolute atomic E-state index is 0.204. The molecule has 1 unspecified atom stereocenters. The normalized spacial score (nSPS) is 13.2. The van der Waals surface area contributed by atoms with Crippen molar-refractivity contribution in [3.05, 3.63) is 72.9 Å². The van der Waals surface area contributed by atoms with Gasteiger partial charge in [-0.3, -0.25) is 4.79 Å². The van der Waals surface area contributed by atoms with Gasteiger partial charge >= 0.3 is 5.97 Å². The van der Waals surface area contributed by atoms with Crippen molar-refractivity contribution in [1.82, 2.24) is 0 Å². The van der Waals surface area contributed by atoms with Crippen LogP contribution in [-0.4, -0.2) is 37.0 Å². The van der Waals surface area contributed by atoms with Gasteiger partial charge in [-0.2, -0.15) is 0 Å². The number of ether oxygens (including phenoxy) is 2. The molecule has 0 aliphatic heterocycles. The second-order valence-corrected chi connectivity index (χ2v) is 11.9. The molecule has 0 rings (SSSR count). The summed E-state index contributed by atoms with van der Waals surface area (Å²) in [5, 5.41) is 9.54. The van der Waals surface area contributed by atoms with E-state index in [4.69, 9.17) is 9.47 Å². The van der Waals surface area contributed by atoms with Gasteiger partial charge in [0.25, 0.3) is 0 Å². The van der Waals surface area contributed by atoms with Gasteiger partial charge in [0.15, 0.2) is 0 Å². The van der Waals surface area contributed by atoms with Gasteiger partial charge in [-0.05, 0) is 51.4 Å². The van der Waals surface area contributed by atoms with Crippen molar-refractivity contribution >= 4 is 5.97 Å². The minimum Gasteiger partial charge on any atom is -0.457 e. The molecule has 4 heteroatoms. The average molecular weight is 627 g/mol. The lowest BCUT2D eigenvalue weighted by molar-refractivity contribution is -0.154. The standard InChI is InChI=1S/C41H70O4/c1-3-5-7-9-11-13-15-17-19-20-21-22-23-24-26-28-30-32-34-36-41(43)45-40(38-42)39-44-37-35-33-31-29-27-25-18-16-14-12-10-8-6-4-2/h5,7,11,13,17,19,21-22,24,26,30,32,40,42H,3-4,6,8-10,12,14-16,18,20,23,25,27-29,31,33-39H2,1-2H3/b7-5-,13-11-,19-17-,22-21-,26-24-,32-30-. The SMILES string of the molecule is CC/C=C\C/C=C\C/C=C\C/C=C\C/C=C\C/C=C\CCC(=O)OC(CO)COCCCCCCCCCCCCCCCC. The predicted molar refractivity (Wildman–Crippen MR) is 196 cm³/mol. The molecular weight excluding hydrogens is 556 g/mol. The van der Waals surface area contributed by atoms with Crippen LogP contribution in [0.4, 0.5) is 0 Å². The number of aliphatic hydroxyl groups is 1. The third-order valence-corrected chi connectivity index (χ3v) is 7.56. The molecule has 1 N–H and O–H groups in total. The zero-order valence-corrected chi connectivity index (χ0v) is 29.4. The third kappa shape index (κ3) is 36.2. The Morgan fingerprint density at radius 3 is 1.38 bits per heavy atom. The van der Waals surface area contributed by atoms with E-state index in [0.29, 0.717) is 19.4 Å². The van der Waals surface area contributed by atoms with Gasteiger partial charge in [0.1, 0.15) is 6.10 Å². The summed E-state index contributed by atoms with van der Waals surface area (Å²) in [6.07, 6.45) is 50.9. The number of unbranched alkanes of at least 4 members (excludes halogenated alkanes) is 13. The quantitative estimate of drug-likeness (QED) is 0.0447. The molecule has 0 spiro atoms. The molecule has 0 heterocycles. The number of aliphatic hydroxyl groups excluding tert-OH is 1. The summed E-state index contributed by atoms with van der Waals surface area (Å²) in [7, 11) is 0. The second-order valence-electron chi connectivity index (χ2n) is 11.9. The molecule has 0 aliphatic rings. The Hall–Kier alpha value is -2.17. The Labute approximate surface area is 278 Å². The summed E-state index contributed by atoms with van der Waals surface area (Å²) in [6, 6.07) is 0. The van der Waals surface area contributed by atoms with Gasteiger partial charge < -0.3 is 14.6 Å². The number of esters is 1. The fourth-order valence-electron chi connectivity index (χ4n) is 4.82. The van der Waals surface area contributed by atoms with Crippen LogP contribution >= 0.6 is 0 Å². The number of carbonyl (C=O) groups excluding carboxylic acids is 1. The highest BCUT2D eigenvalue weighted by molar-refractivity contribution is 5.69. The van der Waals surface area contributed by atoms with Crippen LogP contribution < -0.4 is 0 Å². The van der Waals surface area contributed by atoms with Crippen LogP contribution in [0.3, 0.4) is 0 Å². The molecule has 0 amide bonds. The molecule has 0 radical (unpaired) electrons. The first-order valence-corrected chi connectivity index (χ1v) is 18.5. The first-order chi connectivity index (χ1) is 22.2. The van der Waals surface area contributed by atoms with E-state index in [1.54, 1.807) is 0 Å². The predicted octanol–water partition coefficient (Wildman–Crippen LogP) is 11.9. The van der Waals surface area contributed by atoms with Crippen molar-refractivity contribution in [1.29, 1.82) is 0 Å². The Kier molecular flexibility index (Phi) is 36.2. The highest BCUT2D eigenvalue weighted by atomic mass is 16.6. The van der Waals surface area contributed by atoms with E-state index in [1.807, 2.05) is 6.08 Å². The van der Waals surface area contributed by atoms with Crippen molar-refractivity contribution < 1.29 is 19.4 Å². The van der Waals surface area contributed by atoms with Gasteiger partial charge in [-0.1, -0.05) is 170 Å². The smallest absolute Gasteiger partial charge is 0.306 e. The molecule has 0 saturated carbocycles. The lowest BCUT2D eigenvalue weighted by Gasteiger charge is -2.15. The first kappa shape index (κ1) is 42.8. The Balaban J connectivity index is 3.62. The van der Waals surface area contributed by atoms with Crippen LogP contribution in [-0.2, 0) is 14.3 Å². The molecular formula is C41H70O4. The zero-order chi connectivity index (χ0) is 32.7. The maximum Gasteiger partial charge on any atom is 0.306 e. The van der Waals surface area contributed by atoms with E-state index in [0.717, 1.165) is 44.9 Å². The lowest BCUT2D eigenvalue weighted by atomic mass is 10.0. The molecule has 0 aliphatic carbocycles. The number of hydrogen-bond donors (Lipinski definition) is 1. The first-order valence-electron chi connectivity index (χ1n) is 18.5. The van der Waals surface area contributed by atoms with Gasteiger partial charge in [-0.15, -0.1) is 0 Å². The van der Waals surface area contributed by atoms with E-state index >= 15 is 0 Å². The second kappa shape index (κ2) is 38.0. The zero-order valence-electron chi connectivity index (χ0n) is 29.4. The van der Waals surface area contributed by atoms with Crippen molar-refractivity contribution in [2.45, 2.75) is 161 Å². The van der Waals surface area contributed by atoms with E-state index in [2.05, 4.69) is 80.7 Å². The van der Waals surface area contributed by atoms with E-state index in [9.17, 15) is 9.90 Å². The van der Waals surface area contributed by atoms with Crippen molar-refractivity contribution in [3.8, 4) is 0 Å². The highest BCUT2D eigenvalue weighted by Crippen LogP contribution is 2.13. The fraction of sp³-hybridized carbons (Fsp3) is 0.683. The molecule has 0 aromatic heterocycles. The number of allylic oxidation sites excluding steroid dienone is 12. The number of carbonyl (C=O) groups is 1. The molecule has 0 fully saturated rings. The van der Waals surface area contributed by atoms with Crippen molar-refractivity contribution in [2.75, 3.05) is 19.8 Å². The number of rotatable bonds is 33. The van der Waals surface area contributed by atoms with Crippen molar-refractivity contribution in [2.24, 2.45) is 0 Å². The summed E-state index contributed by atoms with van der Waals surface area (Å²) in [4.78, 5) is 12.1. The molecule has 0 saturated heterocycles. The summed E-state index contributed by atoms with van der Waals surface area (Å²) in [5.74, 6) is -0.284. The van der Waals surface area contributed by atoms with E-state index < -0.39 is 6.10 Å². The lowest BCUT2D eigenvalue weighted by Crippen LogP contribution is -2.27. The monoisotopic (exact) mass is 627 g/mol. The van der Waals surface area contributed by atoms with Crippen LogP contribution in [0.1, 0.15) is 155 Å². The maximum absolute atomic E-state index is 12.1. The summed E-state index contributed by atoms with van der Waals surface area (Å²) >= 11 is 0. The van der Waals surface area contributed by atoms with Crippen LogP contribution in [0.25, 0.3) is 0 Å². The van der Waals surface area contributed by atoms with Gasteiger partial charge in [0, 0.05) is 13.0 Å². The summed E-state index contributed by atoms with van der Waals surface area (Å²) < 4.78 is 11.0. The van der Waals surface area contributed by atoms with E-state index in [1.165, 1.54) is 83.5 Å². The average Bonchev–Trinajstić information content (AvgIpc) is 3.05. The summed E-state index contributed by atoms with van der Waals surface area (Å²) in [5.41, 5.74) is 0. The van der Waals surface area contributed by atoms with Gasteiger partial charge in [0.2, 0.25) is 0 Å². The minimum atomic E-state index is -0.575. The number of hydrogen-bond acceptors (Lipinski definition) is 4. The van der Waals surface area contributed by atoms with Crippen molar-refractivity contribution in [3.63, 3.8) is 0 Å². The molecule has 258 valence electrons. The topological polar surface area (TPSA) is 55.8 Å². The van der Waals surface area contributed by atoms with Gasteiger partial charge in [0.05, 0.1) is 13.2 Å². The fourth-order valence-corrected chi connectivity index (χ4v) is 4.82. The third-order valence-electron chi connectivity index (χ3n) is 7.56. The molecule has 1 atom stereocenters. The highest BCUT2D eigenvalue weighted by Gasteiger charge is 2.13. The van der Waals surface area contributed by atoms with E-state index in [-0.39, 0.29) is 19.2 Å². The van der Waals surface area contributed by atoms with Crippen LogP contribution in [0.5, 0.6) is 0 Å². The Morgan fingerprint density at radius 1 is 0.556 bits per heavy atom. The molecule has 45 heavy (non-hydrogen) atoms. The Morgan fingerprint density at radius 2 is 0.956 bits per heavy atom. The van der Waals surface area contributed by atoms with Crippen LogP contribution in [0, 0.1) is 0 Å². The van der Waals surface area contributed by atoms with Crippen LogP contribution in [0.15, 0.2) is 72.9 Å². The Bertz CT molecular complexity index is 789. The molecule has 4 nitrogen and oxygen atoms in total. The maximum atomic E-state index is 12.1. The largest absolute Gasteiger partial charge is 0.457 e.